The molecule has 0 atom stereocenters. The lowest BCUT2D eigenvalue weighted by atomic mass is 10.2. The largest absolute Gasteiger partial charge is 0.265 e. The predicted octanol–water partition coefficient (Wildman–Crippen LogP) is 4.53. The van der Waals surface area contributed by atoms with E-state index in [2.05, 4.69) is 19.1 Å². The summed E-state index contributed by atoms with van der Waals surface area (Å²) >= 11 is 0. The highest BCUT2D eigenvalue weighted by Crippen LogP contribution is 2.23. The average Bonchev–Trinajstić information content (AvgIpc) is 3.37. The van der Waals surface area contributed by atoms with Crippen molar-refractivity contribution in [3.05, 3.63) is 78.2 Å². The summed E-state index contributed by atoms with van der Waals surface area (Å²) in [6, 6.07) is 20.4. The molecule has 0 aliphatic carbocycles. The third kappa shape index (κ3) is 3.38. The second kappa shape index (κ2) is 7.47. The summed E-state index contributed by atoms with van der Waals surface area (Å²) in [6.07, 6.45) is 5.03. The quantitative estimate of drug-likeness (QED) is 0.433. The fraction of sp³-hybridized carbons (Fsp3) is 0.217. The minimum atomic E-state index is 0.702. The van der Waals surface area contributed by atoms with Crippen LogP contribution in [0.2, 0.25) is 0 Å². The molecular formula is C23H22N6. The lowest BCUT2D eigenvalue weighted by Gasteiger charge is -2.02. The first-order chi connectivity index (χ1) is 14.3. The molecule has 0 unspecified atom stereocenters. The SMILES string of the molecule is CCCCc1nc2nn(Cc3ccccc3)cc2c2nc(-c3ccccc3)nn12. The van der Waals surface area contributed by atoms with E-state index in [9.17, 15) is 0 Å². The molecule has 0 bridgehead atoms. The van der Waals surface area contributed by atoms with Crippen molar-refractivity contribution in [2.24, 2.45) is 0 Å². The van der Waals surface area contributed by atoms with Crippen LogP contribution >= 0.6 is 0 Å². The zero-order valence-electron chi connectivity index (χ0n) is 16.4. The number of hydrogen-bond acceptors (Lipinski definition) is 4. The van der Waals surface area contributed by atoms with Gasteiger partial charge >= 0.3 is 0 Å². The molecule has 0 saturated heterocycles. The number of aryl methyl sites for hydroxylation is 1. The summed E-state index contributed by atoms with van der Waals surface area (Å²) < 4.78 is 3.84. The van der Waals surface area contributed by atoms with E-state index in [1.54, 1.807) is 0 Å². The first kappa shape index (κ1) is 17.6. The van der Waals surface area contributed by atoms with E-state index in [-0.39, 0.29) is 0 Å². The van der Waals surface area contributed by atoms with Gasteiger partial charge in [-0.05, 0) is 12.0 Å². The van der Waals surface area contributed by atoms with Crippen molar-refractivity contribution in [2.75, 3.05) is 0 Å². The van der Waals surface area contributed by atoms with Crippen LogP contribution in [0.25, 0.3) is 28.1 Å². The third-order valence-corrected chi connectivity index (χ3v) is 5.04. The highest BCUT2D eigenvalue weighted by molar-refractivity contribution is 5.89. The van der Waals surface area contributed by atoms with E-state index < -0.39 is 0 Å². The van der Waals surface area contributed by atoms with Gasteiger partial charge in [-0.1, -0.05) is 74.0 Å². The van der Waals surface area contributed by atoms with E-state index in [1.807, 2.05) is 63.9 Å². The van der Waals surface area contributed by atoms with Crippen LogP contribution in [0, 0.1) is 0 Å². The molecule has 6 heteroatoms. The van der Waals surface area contributed by atoms with Crippen molar-refractivity contribution >= 4 is 16.7 Å². The van der Waals surface area contributed by atoms with E-state index in [4.69, 9.17) is 20.2 Å². The molecule has 0 spiro atoms. The first-order valence-corrected chi connectivity index (χ1v) is 10.0. The highest BCUT2D eigenvalue weighted by Gasteiger charge is 2.17. The van der Waals surface area contributed by atoms with Crippen LogP contribution in [0.3, 0.4) is 0 Å². The monoisotopic (exact) mass is 382 g/mol. The molecule has 3 heterocycles. The standard InChI is InChI=1S/C23H22N6/c1-2-3-14-20-24-22-19(16-28(26-22)15-17-10-6-4-7-11-17)23-25-21(27-29(20)23)18-12-8-5-9-13-18/h4-13,16H,2-3,14-15H2,1H3. The Morgan fingerprint density at radius 1 is 0.862 bits per heavy atom. The summed E-state index contributed by atoms with van der Waals surface area (Å²) in [5.74, 6) is 1.63. The van der Waals surface area contributed by atoms with E-state index in [0.717, 1.165) is 47.3 Å². The van der Waals surface area contributed by atoms with Crippen molar-refractivity contribution in [1.82, 2.24) is 29.4 Å². The van der Waals surface area contributed by atoms with Crippen LogP contribution < -0.4 is 0 Å². The Balaban J connectivity index is 1.65. The van der Waals surface area contributed by atoms with Gasteiger partial charge in [-0.3, -0.25) is 4.68 Å². The summed E-state index contributed by atoms with van der Waals surface area (Å²) in [4.78, 5) is 9.70. The van der Waals surface area contributed by atoms with Gasteiger partial charge in [0, 0.05) is 18.2 Å². The summed E-state index contributed by atoms with van der Waals surface area (Å²) in [7, 11) is 0. The average molecular weight is 382 g/mol. The third-order valence-electron chi connectivity index (χ3n) is 5.04. The van der Waals surface area contributed by atoms with Crippen molar-refractivity contribution in [1.29, 1.82) is 0 Å². The Kier molecular flexibility index (Phi) is 4.52. The molecule has 3 aromatic heterocycles. The minimum Gasteiger partial charge on any atom is -0.265 e. The number of hydrogen-bond donors (Lipinski definition) is 0. The Bertz CT molecular complexity index is 1250. The number of unbranched alkanes of at least 4 members (excludes halogenated alkanes) is 1. The van der Waals surface area contributed by atoms with Gasteiger partial charge in [-0.15, -0.1) is 5.10 Å². The molecule has 5 rings (SSSR count). The molecule has 0 aliphatic heterocycles. The van der Waals surface area contributed by atoms with Gasteiger partial charge in [-0.25, -0.2) is 9.97 Å². The highest BCUT2D eigenvalue weighted by atomic mass is 15.4. The zero-order valence-corrected chi connectivity index (χ0v) is 16.4. The van der Waals surface area contributed by atoms with E-state index >= 15 is 0 Å². The molecule has 5 aromatic rings. The molecule has 29 heavy (non-hydrogen) atoms. The van der Waals surface area contributed by atoms with Crippen molar-refractivity contribution < 1.29 is 0 Å². The first-order valence-electron chi connectivity index (χ1n) is 10.0. The van der Waals surface area contributed by atoms with Crippen LogP contribution in [0.15, 0.2) is 66.9 Å². The van der Waals surface area contributed by atoms with Gasteiger partial charge in [0.1, 0.15) is 5.82 Å². The second-order valence-corrected chi connectivity index (χ2v) is 7.22. The minimum absolute atomic E-state index is 0.702. The summed E-state index contributed by atoms with van der Waals surface area (Å²) in [5.41, 5.74) is 3.75. The van der Waals surface area contributed by atoms with Gasteiger partial charge in [0.2, 0.25) is 0 Å². The van der Waals surface area contributed by atoms with E-state index in [0.29, 0.717) is 12.4 Å². The molecule has 0 amide bonds. The predicted molar refractivity (Wildman–Crippen MR) is 114 cm³/mol. The topological polar surface area (TPSA) is 60.9 Å². The molecule has 144 valence electrons. The van der Waals surface area contributed by atoms with Gasteiger partial charge in [0.25, 0.3) is 0 Å². The second-order valence-electron chi connectivity index (χ2n) is 7.22. The van der Waals surface area contributed by atoms with E-state index in [1.165, 1.54) is 5.56 Å². The smallest absolute Gasteiger partial charge is 0.186 e. The molecule has 0 aliphatic rings. The molecule has 6 nitrogen and oxygen atoms in total. The molecule has 0 N–H and O–H groups in total. The van der Waals surface area contributed by atoms with Gasteiger partial charge in [0.05, 0.1) is 11.9 Å². The molecular weight excluding hydrogens is 360 g/mol. The summed E-state index contributed by atoms with van der Waals surface area (Å²) in [5, 5.41) is 10.4. The van der Waals surface area contributed by atoms with Crippen LogP contribution in [0.1, 0.15) is 31.2 Å². The molecule has 0 saturated carbocycles. The number of aromatic nitrogens is 6. The molecule has 0 radical (unpaired) electrons. The fourth-order valence-electron chi connectivity index (χ4n) is 3.55. The maximum absolute atomic E-state index is 4.86. The van der Waals surface area contributed by atoms with Crippen LogP contribution in [-0.4, -0.2) is 29.4 Å². The Morgan fingerprint density at radius 3 is 2.38 bits per heavy atom. The van der Waals surface area contributed by atoms with Crippen molar-refractivity contribution in [3.8, 4) is 11.4 Å². The maximum atomic E-state index is 4.86. The number of fused-ring (bicyclic) bond motifs is 3. The lowest BCUT2D eigenvalue weighted by molar-refractivity contribution is 0.688. The number of nitrogens with zero attached hydrogens (tertiary/aromatic N) is 6. The Morgan fingerprint density at radius 2 is 1.62 bits per heavy atom. The lowest BCUT2D eigenvalue weighted by Crippen LogP contribution is -2.03. The Hall–Kier alpha value is -3.54. The number of benzene rings is 2. The van der Waals surface area contributed by atoms with Gasteiger partial charge in [-0.2, -0.15) is 9.61 Å². The summed E-state index contributed by atoms with van der Waals surface area (Å²) in [6.45, 7) is 2.88. The van der Waals surface area contributed by atoms with Gasteiger partial charge in [0.15, 0.2) is 17.1 Å². The molecule has 2 aromatic carbocycles. The fourth-order valence-corrected chi connectivity index (χ4v) is 3.55. The van der Waals surface area contributed by atoms with Gasteiger partial charge < -0.3 is 0 Å². The zero-order chi connectivity index (χ0) is 19.6. The maximum Gasteiger partial charge on any atom is 0.186 e. The number of rotatable bonds is 6. The van der Waals surface area contributed by atoms with Crippen LogP contribution in [0.5, 0.6) is 0 Å². The Labute approximate surface area is 168 Å². The van der Waals surface area contributed by atoms with Crippen molar-refractivity contribution in [3.63, 3.8) is 0 Å². The van der Waals surface area contributed by atoms with Crippen LogP contribution in [0.4, 0.5) is 0 Å². The molecule has 0 fully saturated rings. The van der Waals surface area contributed by atoms with Crippen molar-refractivity contribution in [2.45, 2.75) is 32.7 Å². The van der Waals surface area contributed by atoms with Crippen LogP contribution in [-0.2, 0) is 13.0 Å². The normalized spacial score (nSPS) is 11.5.